The lowest BCUT2D eigenvalue weighted by Gasteiger charge is -2.33. The van der Waals surface area contributed by atoms with Gasteiger partial charge in [-0.25, -0.2) is 0 Å². The molecule has 0 N–H and O–H groups in total. The molecule has 0 unspecified atom stereocenters. The third kappa shape index (κ3) is 3.19. The first-order valence-corrected chi connectivity index (χ1v) is 8.71. The van der Waals surface area contributed by atoms with Crippen molar-refractivity contribution < 1.29 is 4.79 Å². The van der Waals surface area contributed by atoms with Crippen LogP contribution < -0.4 is 0 Å². The maximum atomic E-state index is 12.7. The van der Waals surface area contributed by atoms with Gasteiger partial charge in [0.2, 0.25) is 5.91 Å². The zero-order chi connectivity index (χ0) is 15.5. The summed E-state index contributed by atoms with van der Waals surface area (Å²) in [5, 5.41) is 0. The molecule has 0 aromatic heterocycles. The van der Waals surface area contributed by atoms with E-state index in [0.29, 0.717) is 24.4 Å². The van der Waals surface area contributed by atoms with Crippen LogP contribution in [0.1, 0.15) is 43.2 Å². The van der Waals surface area contributed by atoms with E-state index in [1.54, 1.807) is 0 Å². The van der Waals surface area contributed by atoms with Crippen LogP contribution in [-0.4, -0.2) is 47.9 Å². The highest BCUT2D eigenvalue weighted by Crippen LogP contribution is 2.29. The molecular formula is C19H28N2O. The summed E-state index contributed by atoms with van der Waals surface area (Å²) in [4.78, 5) is 17.4. The molecule has 2 aliphatic rings. The molecule has 1 amide bonds. The fourth-order valence-electron chi connectivity index (χ4n) is 4.20. The fourth-order valence-corrected chi connectivity index (χ4v) is 4.20. The number of amides is 1. The molecular weight excluding hydrogens is 272 g/mol. The van der Waals surface area contributed by atoms with Gasteiger partial charge in [-0.1, -0.05) is 24.3 Å². The van der Waals surface area contributed by atoms with Crippen LogP contribution in [0.25, 0.3) is 0 Å². The normalized spacial score (nSPS) is 25.8. The molecule has 3 rings (SSSR count). The molecule has 1 aromatic rings. The zero-order valence-electron chi connectivity index (χ0n) is 13.9. The second-order valence-electron chi connectivity index (χ2n) is 6.91. The summed E-state index contributed by atoms with van der Waals surface area (Å²) in [7, 11) is 2.21. The molecule has 120 valence electrons. The number of rotatable bonds is 4. The molecule has 2 aliphatic heterocycles. The van der Waals surface area contributed by atoms with Crippen LogP contribution in [-0.2, 0) is 11.2 Å². The molecule has 3 nitrogen and oxygen atoms in total. The molecule has 2 atom stereocenters. The van der Waals surface area contributed by atoms with E-state index in [0.717, 1.165) is 13.0 Å². The third-order valence-electron chi connectivity index (χ3n) is 5.51. The summed E-state index contributed by atoms with van der Waals surface area (Å²) in [6.45, 7) is 4.28. The lowest BCUT2D eigenvalue weighted by atomic mass is 10.0. The summed E-state index contributed by atoms with van der Waals surface area (Å²) < 4.78 is 0. The van der Waals surface area contributed by atoms with Crippen molar-refractivity contribution in [3.05, 3.63) is 35.4 Å². The second kappa shape index (κ2) is 6.82. The molecule has 3 heteroatoms. The molecule has 0 spiro atoms. The molecule has 2 fully saturated rings. The van der Waals surface area contributed by atoms with Crippen LogP contribution in [0.3, 0.4) is 0 Å². The maximum Gasteiger partial charge on any atom is 0.223 e. The second-order valence-corrected chi connectivity index (χ2v) is 6.91. The summed E-state index contributed by atoms with van der Waals surface area (Å²) in [6.07, 6.45) is 6.41. The van der Waals surface area contributed by atoms with Crippen molar-refractivity contribution in [2.45, 2.75) is 57.5 Å². The fraction of sp³-hybridized carbons (Fsp3) is 0.632. The summed E-state index contributed by atoms with van der Waals surface area (Å²) >= 11 is 0. The molecule has 0 radical (unpaired) electrons. The predicted octanol–water partition coefficient (Wildman–Crippen LogP) is 3.01. The van der Waals surface area contributed by atoms with E-state index in [1.807, 2.05) is 0 Å². The highest BCUT2D eigenvalue weighted by Gasteiger charge is 2.37. The SMILES string of the molecule is Cc1ccccc1CCC(=O)N1CCC[C@@H]1[C@H]1CCCN1C. The van der Waals surface area contributed by atoms with Crippen molar-refractivity contribution >= 4 is 5.91 Å². The minimum absolute atomic E-state index is 0.353. The molecule has 0 saturated carbocycles. The lowest BCUT2D eigenvalue weighted by molar-refractivity contribution is -0.132. The average Bonchev–Trinajstić information content (AvgIpc) is 3.14. The van der Waals surface area contributed by atoms with Gasteiger partial charge in [-0.3, -0.25) is 4.79 Å². The quantitative estimate of drug-likeness (QED) is 0.853. The maximum absolute atomic E-state index is 12.7. The van der Waals surface area contributed by atoms with E-state index in [-0.39, 0.29) is 0 Å². The van der Waals surface area contributed by atoms with Crippen molar-refractivity contribution in [1.82, 2.24) is 9.80 Å². The topological polar surface area (TPSA) is 23.6 Å². The van der Waals surface area contributed by atoms with Gasteiger partial charge in [0, 0.05) is 25.0 Å². The highest BCUT2D eigenvalue weighted by molar-refractivity contribution is 5.77. The van der Waals surface area contributed by atoms with Crippen LogP contribution in [0.15, 0.2) is 24.3 Å². The van der Waals surface area contributed by atoms with E-state index in [9.17, 15) is 4.79 Å². The Balaban J connectivity index is 1.60. The zero-order valence-corrected chi connectivity index (χ0v) is 13.9. The Morgan fingerprint density at radius 3 is 2.59 bits per heavy atom. The number of aryl methyl sites for hydroxylation is 2. The molecule has 1 aromatic carbocycles. The van der Waals surface area contributed by atoms with Crippen LogP contribution in [0, 0.1) is 6.92 Å². The Morgan fingerprint density at radius 1 is 1.14 bits per heavy atom. The highest BCUT2D eigenvalue weighted by atomic mass is 16.2. The Labute approximate surface area is 134 Å². The van der Waals surface area contributed by atoms with Gasteiger partial charge in [0.25, 0.3) is 0 Å². The van der Waals surface area contributed by atoms with Gasteiger partial charge in [0.15, 0.2) is 0 Å². The van der Waals surface area contributed by atoms with Gasteiger partial charge in [-0.05, 0) is 63.7 Å². The number of likely N-dealkylation sites (tertiary alicyclic amines) is 2. The number of hydrogen-bond donors (Lipinski definition) is 0. The van der Waals surface area contributed by atoms with Gasteiger partial charge >= 0.3 is 0 Å². The lowest BCUT2D eigenvalue weighted by Crippen LogP contribution is -2.47. The number of benzene rings is 1. The number of likely N-dealkylation sites (N-methyl/N-ethyl adjacent to an activating group) is 1. The minimum atomic E-state index is 0.353. The summed E-state index contributed by atoms with van der Waals surface area (Å²) in [5.74, 6) is 0.353. The van der Waals surface area contributed by atoms with Gasteiger partial charge in [0.05, 0.1) is 0 Å². The Hall–Kier alpha value is -1.35. The summed E-state index contributed by atoms with van der Waals surface area (Å²) in [6, 6.07) is 9.45. The average molecular weight is 300 g/mol. The van der Waals surface area contributed by atoms with Crippen molar-refractivity contribution in [2.75, 3.05) is 20.1 Å². The first kappa shape index (κ1) is 15.5. The minimum Gasteiger partial charge on any atom is -0.338 e. The third-order valence-corrected chi connectivity index (χ3v) is 5.51. The van der Waals surface area contributed by atoms with E-state index in [1.165, 1.54) is 43.4 Å². The van der Waals surface area contributed by atoms with E-state index in [2.05, 4.69) is 48.0 Å². The van der Waals surface area contributed by atoms with Crippen LogP contribution in [0.2, 0.25) is 0 Å². The monoisotopic (exact) mass is 300 g/mol. The Bertz CT molecular complexity index is 528. The standard InChI is InChI=1S/C19H28N2O/c1-15-7-3-4-8-16(15)11-12-19(22)21-14-6-10-18(21)17-9-5-13-20(17)2/h3-4,7-8,17-18H,5-6,9-14H2,1-2H3/t17-,18-/m1/s1. The van der Waals surface area contributed by atoms with Crippen molar-refractivity contribution in [3.63, 3.8) is 0 Å². The van der Waals surface area contributed by atoms with Crippen molar-refractivity contribution in [2.24, 2.45) is 0 Å². The van der Waals surface area contributed by atoms with Crippen LogP contribution in [0.5, 0.6) is 0 Å². The first-order valence-electron chi connectivity index (χ1n) is 8.71. The van der Waals surface area contributed by atoms with Gasteiger partial charge in [-0.15, -0.1) is 0 Å². The van der Waals surface area contributed by atoms with E-state index >= 15 is 0 Å². The number of nitrogens with zero attached hydrogens (tertiary/aromatic N) is 2. The van der Waals surface area contributed by atoms with Crippen LogP contribution in [0.4, 0.5) is 0 Å². The first-order chi connectivity index (χ1) is 10.7. The largest absolute Gasteiger partial charge is 0.338 e. The van der Waals surface area contributed by atoms with Gasteiger partial charge in [0.1, 0.15) is 0 Å². The number of carbonyl (C=O) groups excluding carboxylic acids is 1. The number of carbonyl (C=O) groups is 1. The Kier molecular flexibility index (Phi) is 4.82. The molecule has 22 heavy (non-hydrogen) atoms. The summed E-state index contributed by atoms with van der Waals surface area (Å²) in [5.41, 5.74) is 2.60. The van der Waals surface area contributed by atoms with E-state index < -0.39 is 0 Å². The van der Waals surface area contributed by atoms with Crippen molar-refractivity contribution in [1.29, 1.82) is 0 Å². The predicted molar refractivity (Wildman–Crippen MR) is 89.9 cm³/mol. The smallest absolute Gasteiger partial charge is 0.223 e. The van der Waals surface area contributed by atoms with Crippen LogP contribution >= 0.6 is 0 Å². The number of hydrogen-bond acceptors (Lipinski definition) is 2. The molecule has 0 bridgehead atoms. The van der Waals surface area contributed by atoms with Gasteiger partial charge < -0.3 is 9.80 Å². The Morgan fingerprint density at radius 2 is 1.86 bits per heavy atom. The molecule has 0 aliphatic carbocycles. The molecule has 2 heterocycles. The van der Waals surface area contributed by atoms with E-state index in [4.69, 9.17) is 0 Å². The van der Waals surface area contributed by atoms with Crippen molar-refractivity contribution in [3.8, 4) is 0 Å². The van der Waals surface area contributed by atoms with Gasteiger partial charge in [-0.2, -0.15) is 0 Å². The molecule has 2 saturated heterocycles.